The van der Waals surface area contributed by atoms with Crippen LogP contribution in [0.5, 0.6) is 0 Å². The molecule has 0 aliphatic rings. The average Bonchev–Trinajstić information content (AvgIpc) is 3.76. The van der Waals surface area contributed by atoms with Crippen LogP contribution >= 0.6 is 0 Å². The Hall–Kier alpha value is -8.72. The molecule has 0 spiro atoms. The number of hydrogen-bond donors (Lipinski definition) is 0. The van der Waals surface area contributed by atoms with Crippen LogP contribution in [0.4, 0.5) is 17.1 Å². The Bertz CT molecular complexity index is 3540. The molecule has 12 rings (SSSR count). The minimum absolute atomic E-state index is 1.09. The van der Waals surface area contributed by atoms with E-state index in [2.05, 4.69) is 276 Å². The molecule has 310 valence electrons. The summed E-state index contributed by atoms with van der Waals surface area (Å²) in [4.78, 5) is 2.35. The topological polar surface area (TPSA) is 8.17 Å². The highest BCUT2D eigenvalue weighted by molar-refractivity contribution is 6.19. The van der Waals surface area contributed by atoms with Gasteiger partial charge in [0, 0.05) is 38.8 Å². The molecular formula is C64H44N2. The molecule has 0 aliphatic carbocycles. The van der Waals surface area contributed by atoms with Crippen molar-refractivity contribution in [1.82, 2.24) is 4.57 Å². The van der Waals surface area contributed by atoms with Crippen LogP contribution in [0.2, 0.25) is 0 Å². The molecule has 2 heteroatoms. The molecule has 1 heterocycles. The van der Waals surface area contributed by atoms with Gasteiger partial charge in [-0.3, -0.25) is 0 Å². The van der Waals surface area contributed by atoms with Crippen LogP contribution < -0.4 is 4.90 Å². The molecule has 0 saturated carbocycles. The molecule has 0 atom stereocenters. The third kappa shape index (κ3) is 6.93. The number of anilines is 3. The summed E-state index contributed by atoms with van der Waals surface area (Å²) in [5, 5.41) is 6.07. The minimum Gasteiger partial charge on any atom is -0.311 e. The molecule has 0 radical (unpaired) electrons. The van der Waals surface area contributed by atoms with Gasteiger partial charge in [-0.1, -0.05) is 224 Å². The van der Waals surface area contributed by atoms with E-state index in [0.29, 0.717) is 0 Å². The lowest BCUT2D eigenvalue weighted by Crippen LogP contribution is -2.09. The molecule has 0 bridgehead atoms. The summed E-state index contributed by atoms with van der Waals surface area (Å²) in [5.41, 5.74) is 17.6. The summed E-state index contributed by atoms with van der Waals surface area (Å²) in [5.74, 6) is 0. The van der Waals surface area contributed by atoms with E-state index in [-0.39, 0.29) is 0 Å². The van der Waals surface area contributed by atoms with E-state index in [1.807, 2.05) is 0 Å². The second-order valence-electron chi connectivity index (χ2n) is 16.9. The van der Waals surface area contributed by atoms with Crippen molar-refractivity contribution in [1.29, 1.82) is 0 Å². The van der Waals surface area contributed by atoms with Gasteiger partial charge in [-0.05, 0) is 97.7 Å². The number of nitrogens with zero attached hydrogens (tertiary/aromatic N) is 2. The first-order chi connectivity index (χ1) is 32.8. The van der Waals surface area contributed by atoms with Gasteiger partial charge >= 0.3 is 0 Å². The van der Waals surface area contributed by atoms with E-state index in [1.165, 1.54) is 82.6 Å². The summed E-state index contributed by atoms with van der Waals surface area (Å²) in [6.07, 6.45) is 0. The summed E-state index contributed by atoms with van der Waals surface area (Å²) < 4.78 is 2.54. The number of benzene rings is 11. The quantitative estimate of drug-likeness (QED) is 0.141. The highest BCUT2D eigenvalue weighted by Gasteiger charge is 2.24. The first-order valence-corrected chi connectivity index (χ1v) is 22.7. The van der Waals surface area contributed by atoms with Gasteiger partial charge in [0.25, 0.3) is 0 Å². The van der Waals surface area contributed by atoms with Crippen molar-refractivity contribution < 1.29 is 0 Å². The normalized spacial score (nSPS) is 11.3. The third-order valence-corrected chi connectivity index (χ3v) is 13.0. The van der Waals surface area contributed by atoms with Crippen molar-refractivity contribution in [3.05, 3.63) is 267 Å². The zero-order chi connectivity index (χ0) is 43.8. The largest absolute Gasteiger partial charge is 0.311 e. The fraction of sp³-hybridized carbons (Fsp3) is 0. The molecule has 66 heavy (non-hydrogen) atoms. The molecule has 11 aromatic carbocycles. The van der Waals surface area contributed by atoms with E-state index >= 15 is 0 Å². The summed E-state index contributed by atoms with van der Waals surface area (Å²) in [6, 6.07) is 96.8. The molecule has 2 nitrogen and oxygen atoms in total. The van der Waals surface area contributed by atoms with Gasteiger partial charge in [0.05, 0.1) is 16.9 Å². The van der Waals surface area contributed by atoms with Crippen LogP contribution in [-0.2, 0) is 0 Å². The lowest BCUT2D eigenvalue weighted by atomic mass is 9.94. The van der Waals surface area contributed by atoms with Crippen molar-refractivity contribution in [3.63, 3.8) is 0 Å². The zero-order valence-electron chi connectivity index (χ0n) is 36.3. The first-order valence-electron chi connectivity index (χ1n) is 22.7. The van der Waals surface area contributed by atoms with Crippen LogP contribution in [0.15, 0.2) is 267 Å². The molecule has 0 unspecified atom stereocenters. The van der Waals surface area contributed by atoms with E-state index < -0.39 is 0 Å². The van der Waals surface area contributed by atoms with E-state index in [4.69, 9.17) is 0 Å². The monoisotopic (exact) mass is 840 g/mol. The second-order valence-corrected chi connectivity index (χ2v) is 16.9. The van der Waals surface area contributed by atoms with Gasteiger partial charge in [-0.25, -0.2) is 0 Å². The van der Waals surface area contributed by atoms with E-state index in [1.54, 1.807) is 0 Å². The standard InChI is InChI=1S/C64H44N2/c1-5-17-45(18-6-1)47-31-37-53(38-32-47)65(54-39-33-48(34-40-54)46-19-7-2-8-20-46)55-41-35-50(36-42-55)56-28-16-29-59-58(56)43-44-60-62(51-22-9-3-10-23-51)63(52-24-11-4-12-25-52)66(64(59)60)61-30-15-26-49-21-13-14-27-57(49)61/h1-44H. The maximum absolute atomic E-state index is 2.54. The highest BCUT2D eigenvalue weighted by Crippen LogP contribution is 2.47. The van der Waals surface area contributed by atoms with Crippen molar-refractivity contribution in [2.24, 2.45) is 0 Å². The molecular weight excluding hydrogens is 797 g/mol. The third-order valence-electron chi connectivity index (χ3n) is 13.0. The predicted molar refractivity (Wildman–Crippen MR) is 280 cm³/mol. The van der Waals surface area contributed by atoms with Crippen molar-refractivity contribution in [2.75, 3.05) is 4.90 Å². The van der Waals surface area contributed by atoms with Crippen molar-refractivity contribution >= 4 is 49.5 Å². The Kier molecular flexibility index (Phi) is 9.89. The molecule has 0 N–H and O–H groups in total. The van der Waals surface area contributed by atoms with Crippen molar-refractivity contribution in [3.8, 4) is 61.5 Å². The highest BCUT2D eigenvalue weighted by atomic mass is 15.1. The van der Waals surface area contributed by atoms with Crippen LogP contribution in [-0.4, -0.2) is 4.57 Å². The van der Waals surface area contributed by atoms with Gasteiger partial charge in [-0.2, -0.15) is 0 Å². The number of rotatable bonds is 9. The van der Waals surface area contributed by atoms with Crippen molar-refractivity contribution in [2.45, 2.75) is 0 Å². The van der Waals surface area contributed by atoms with Crippen LogP contribution in [0.3, 0.4) is 0 Å². The first kappa shape index (κ1) is 38.9. The molecule has 1 aromatic heterocycles. The van der Waals surface area contributed by atoms with Gasteiger partial charge in [0.15, 0.2) is 0 Å². The Morgan fingerprint density at radius 1 is 0.258 bits per heavy atom. The molecule has 0 fully saturated rings. The molecule has 12 aromatic rings. The Balaban J connectivity index is 1.02. The summed E-state index contributed by atoms with van der Waals surface area (Å²) in [7, 11) is 0. The summed E-state index contributed by atoms with van der Waals surface area (Å²) >= 11 is 0. The Morgan fingerprint density at radius 3 is 1.26 bits per heavy atom. The maximum Gasteiger partial charge on any atom is 0.0620 e. The van der Waals surface area contributed by atoms with Gasteiger partial charge in [-0.15, -0.1) is 0 Å². The predicted octanol–water partition coefficient (Wildman–Crippen LogP) is 17.7. The van der Waals surface area contributed by atoms with Crippen LogP contribution in [0.1, 0.15) is 0 Å². The maximum atomic E-state index is 2.54. The lowest BCUT2D eigenvalue weighted by molar-refractivity contribution is 1.16. The van der Waals surface area contributed by atoms with Crippen LogP contribution in [0.25, 0.3) is 93.9 Å². The van der Waals surface area contributed by atoms with Gasteiger partial charge in [0.2, 0.25) is 0 Å². The second kappa shape index (κ2) is 16.8. The molecule has 0 aliphatic heterocycles. The fourth-order valence-electron chi connectivity index (χ4n) is 9.90. The smallest absolute Gasteiger partial charge is 0.0620 e. The zero-order valence-corrected chi connectivity index (χ0v) is 36.3. The number of aromatic nitrogens is 1. The van der Waals surface area contributed by atoms with E-state index in [0.717, 1.165) is 28.3 Å². The number of fused-ring (bicyclic) bond motifs is 4. The number of hydrogen-bond acceptors (Lipinski definition) is 1. The average molecular weight is 841 g/mol. The molecule has 0 saturated heterocycles. The van der Waals surface area contributed by atoms with E-state index in [9.17, 15) is 0 Å². The fourth-order valence-corrected chi connectivity index (χ4v) is 9.90. The lowest BCUT2D eigenvalue weighted by Gasteiger charge is -2.26. The SMILES string of the molecule is c1ccc(-c2ccc(N(c3ccc(-c4ccccc4)cc3)c3ccc(-c4cccc5c4ccc4c(-c6ccccc6)c(-c6ccccc6)n(-c6cccc7ccccc67)c45)cc3)cc2)cc1. The Morgan fingerprint density at radius 2 is 0.682 bits per heavy atom. The van der Waals surface area contributed by atoms with Gasteiger partial charge < -0.3 is 9.47 Å². The van der Waals surface area contributed by atoms with Crippen LogP contribution in [0, 0.1) is 0 Å². The minimum atomic E-state index is 1.09. The van der Waals surface area contributed by atoms with Gasteiger partial charge in [0.1, 0.15) is 0 Å². The summed E-state index contributed by atoms with van der Waals surface area (Å²) in [6.45, 7) is 0. The molecule has 0 amide bonds. The Labute approximate surface area is 385 Å².